The fraction of sp³-hybridized carbons (Fsp3) is 0.188. The van der Waals surface area contributed by atoms with E-state index in [9.17, 15) is 9.59 Å². The zero-order valence-electron chi connectivity index (χ0n) is 12.5. The van der Waals surface area contributed by atoms with Crippen molar-refractivity contribution in [3.05, 3.63) is 46.7 Å². The first-order valence-electron chi connectivity index (χ1n) is 6.82. The van der Waals surface area contributed by atoms with Crippen LogP contribution in [-0.2, 0) is 20.9 Å². The minimum absolute atomic E-state index is 0.0211. The molecule has 23 heavy (non-hydrogen) atoms. The Kier molecular flexibility index (Phi) is 3.92. The summed E-state index contributed by atoms with van der Waals surface area (Å²) in [6.45, 7) is 1.35. The molecule has 0 N–H and O–H groups in total. The van der Waals surface area contributed by atoms with E-state index in [-0.39, 0.29) is 6.61 Å². The van der Waals surface area contributed by atoms with E-state index >= 15 is 0 Å². The molecule has 0 bridgehead atoms. The van der Waals surface area contributed by atoms with Gasteiger partial charge in [-0.25, -0.2) is 9.78 Å². The lowest BCUT2D eigenvalue weighted by atomic mass is 10.1. The second kappa shape index (κ2) is 5.89. The van der Waals surface area contributed by atoms with Crippen molar-refractivity contribution in [1.29, 1.82) is 0 Å². The number of esters is 2. The van der Waals surface area contributed by atoms with Gasteiger partial charge in [0, 0.05) is 18.7 Å². The molecule has 3 rings (SSSR count). The molecule has 118 valence electrons. The van der Waals surface area contributed by atoms with E-state index in [1.807, 2.05) is 22.7 Å². The maximum absolute atomic E-state index is 11.8. The molecular formula is C16H13ClN2O4. The number of methoxy groups -OCH3 is 1. The Labute approximate surface area is 136 Å². The van der Waals surface area contributed by atoms with E-state index in [1.54, 1.807) is 12.1 Å². The average Bonchev–Trinajstić information content (AvgIpc) is 3.01. The summed E-state index contributed by atoms with van der Waals surface area (Å²) >= 11 is 6.19. The number of ether oxygens (including phenoxy) is 2. The second-order valence-electron chi connectivity index (χ2n) is 4.94. The summed E-state index contributed by atoms with van der Waals surface area (Å²) in [5, 5.41) is 0.322. The van der Waals surface area contributed by atoms with Gasteiger partial charge in [-0.2, -0.15) is 0 Å². The molecule has 6 nitrogen and oxygen atoms in total. The number of fused-ring (bicyclic) bond motifs is 3. The van der Waals surface area contributed by atoms with Gasteiger partial charge in [-0.15, -0.1) is 0 Å². The van der Waals surface area contributed by atoms with Gasteiger partial charge in [-0.05, 0) is 24.3 Å². The summed E-state index contributed by atoms with van der Waals surface area (Å²) in [7, 11) is 1.30. The van der Waals surface area contributed by atoms with Crippen molar-refractivity contribution in [3.8, 4) is 0 Å². The van der Waals surface area contributed by atoms with E-state index < -0.39 is 11.9 Å². The van der Waals surface area contributed by atoms with E-state index in [2.05, 4.69) is 4.98 Å². The van der Waals surface area contributed by atoms with Crippen LogP contribution in [0.15, 0.2) is 30.5 Å². The molecule has 0 aliphatic heterocycles. The Morgan fingerprint density at radius 1 is 1.35 bits per heavy atom. The van der Waals surface area contributed by atoms with Gasteiger partial charge in [0.25, 0.3) is 0 Å². The molecule has 0 radical (unpaired) electrons. The Hall–Kier alpha value is -2.60. The number of nitrogens with zero attached hydrogens (tertiary/aromatic N) is 2. The van der Waals surface area contributed by atoms with Crippen molar-refractivity contribution in [1.82, 2.24) is 9.38 Å². The number of benzene rings is 1. The van der Waals surface area contributed by atoms with Crippen molar-refractivity contribution in [2.45, 2.75) is 13.5 Å². The van der Waals surface area contributed by atoms with Crippen LogP contribution in [0.2, 0.25) is 5.15 Å². The summed E-state index contributed by atoms with van der Waals surface area (Å²) in [6.07, 6.45) is 1.83. The maximum atomic E-state index is 11.8. The smallest absolute Gasteiger partial charge is 0.337 e. The van der Waals surface area contributed by atoms with Crippen molar-refractivity contribution in [2.75, 3.05) is 7.11 Å². The van der Waals surface area contributed by atoms with E-state index in [4.69, 9.17) is 21.1 Å². The second-order valence-corrected chi connectivity index (χ2v) is 5.30. The summed E-state index contributed by atoms with van der Waals surface area (Å²) in [4.78, 5) is 27.3. The Morgan fingerprint density at radius 3 is 2.83 bits per heavy atom. The monoisotopic (exact) mass is 332 g/mol. The fourth-order valence-electron chi connectivity index (χ4n) is 2.47. The van der Waals surface area contributed by atoms with Crippen LogP contribution in [0.3, 0.4) is 0 Å². The molecule has 0 atom stereocenters. The molecule has 0 spiro atoms. The predicted molar refractivity (Wildman–Crippen MR) is 84.5 cm³/mol. The van der Waals surface area contributed by atoms with Crippen LogP contribution < -0.4 is 0 Å². The molecule has 0 aliphatic rings. The average molecular weight is 333 g/mol. The van der Waals surface area contributed by atoms with Crippen molar-refractivity contribution in [3.63, 3.8) is 0 Å². The molecular weight excluding hydrogens is 320 g/mol. The lowest BCUT2D eigenvalue weighted by molar-refractivity contribution is -0.142. The lowest BCUT2D eigenvalue weighted by Gasteiger charge is -2.12. The summed E-state index contributed by atoms with van der Waals surface area (Å²) in [5.74, 6) is -0.909. The molecule has 0 saturated heterocycles. The molecule has 7 heteroatoms. The van der Waals surface area contributed by atoms with Crippen molar-refractivity contribution in [2.24, 2.45) is 0 Å². The Morgan fingerprint density at radius 2 is 2.13 bits per heavy atom. The highest BCUT2D eigenvalue weighted by atomic mass is 35.5. The van der Waals surface area contributed by atoms with Crippen LogP contribution in [0.1, 0.15) is 22.8 Å². The van der Waals surface area contributed by atoms with E-state index in [0.29, 0.717) is 21.8 Å². The zero-order chi connectivity index (χ0) is 16.6. The number of carbonyl (C=O) groups excluding carboxylic acids is 2. The molecule has 1 aromatic carbocycles. The van der Waals surface area contributed by atoms with Crippen LogP contribution in [0, 0.1) is 0 Å². The fourth-order valence-corrected chi connectivity index (χ4v) is 2.72. The normalized spacial score (nSPS) is 10.9. The first kappa shape index (κ1) is 15.3. The number of hydrogen-bond donors (Lipinski definition) is 0. The minimum Gasteiger partial charge on any atom is -0.465 e. The van der Waals surface area contributed by atoms with E-state index in [1.165, 1.54) is 14.0 Å². The Balaban J connectivity index is 2.31. The predicted octanol–water partition coefficient (Wildman–Crippen LogP) is 2.99. The van der Waals surface area contributed by atoms with Crippen molar-refractivity contribution >= 4 is 40.1 Å². The standard InChI is InChI=1S/C16H13ClN2O4/c1-9(20)23-8-11-6-10(16(21)22-2)7-12-14(11)19-5-3-4-13(19)15(17)18-12/h3-7H,8H2,1-2H3. The van der Waals surface area contributed by atoms with Crippen LogP contribution in [-0.4, -0.2) is 28.4 Å². The third-order valence-corrected chi connectivity index (χ3v) is 3.72. The summed E-state index contributed by atoms with van der Waals surface area (Å²) < 4.78 is 11.7. The lowest BCUT2D eigenvalue weighted by Crippen LogP contribution is -2.07. The number of rotatable bonds is 3. The highest BCUT2D eigenvalue weighted by Gasteiger charge is 2.16. The molecule has 2 aromatic heterocycles. The molecule has 0 amide bonds. The minimum atomic E-state index is -0.499. The van der Waals surface area contributed by atoms with Gasteiger partial charge in [-0.3, -0.25) is 4.79 Å². The van der Waals surface area contributed by atoms with Gasteiger partial charge in [0.15, 0.2) is 5.15 Å². The largest absolute Gasteiger partial charge is 0.465 e. The number of hydrogen-bond acceptors (Lipinski definition) is 5. The number of halogens is 1. The quantitative estimate of drug-likeness (QED) is 0.690. The van der Waals surface area contributed by atoms with Crippen LogP contribution in [0.25, 0.3) is 16.6 Å². The third-order valence-electron chi connectivity index (χ3n) is 3.44. The summed E-state index contributed by atoms with van der Waals surface area (Å²) in [6, 6.07) is 6.90. The molecule has 0 aliphatic carbocycles. The highest BCUT2D eigenvalue weighted by Crippen LogP contribution is 2.27. The van der Waals surface area contributed by atoms with Gasteiger partial charge < -0.3 is 13.9 Å². The van der Waals surface area contributed by atoms with Crippen molar-refractivity contribution < 1.29 is 19.1 Å². The maximum Gasteiger partial charge on any atom is 0.337 e. The van der Waals surface area contributed by atoms with Crippen LogP contribution >= 0.6 is 11.6 Å². The van der Waals surface area contributed by atoms with Gasteiger partial charge in [0.05, 0.1) is 29.2 Å². The van der Waals surface area contributed by atoms with Gasteiger partial charge >= 0.3 is 11.9 Å². The number of carbonyl (C=O) groups is 2. The molecule has 0 fully saturated rings. The molecule has 0 unspecified atom stereocenters. The van der Waals surface area contributed by atoms with Gasteiger partial charge in [0.1, 0.15) is 6.61 Å². The molecule has 2 heterocycles. The Bertz CT molecular complexity index is 933. The molecule has 3 aromatic rings. The topological polar surface area (TPSA) is 69.9 Å². The van der Waals surface area contributed by atoms with Crippen LogP contribution in [0.5, 0.6) is 0 Å². The highest BCUT2D eigenvalue weighted by molar-refractivity contribution is 6.33. The third kappa shape index (κ3) is 2.73. The zero-order valence-corrected chi connectivity index (χ0v) is 13.3. The summed E-state index contributed by atoms with van der Waals surface area (Å²) in [5.41, 5.74) is 2.93. The van der Waals surface area contributed by atoms with Gasteiger partial charge in [-0.1, -0.05) is 11.6 Å². The first-order chi connectivity index (χ1) is 11.0. The van der Waals surface area contributed by atoms with Crippen LogP contribution in [0.4, 0.5) is 0 Å². The molecule has 0 saturated carbocycles. The SMILES string of the molecule is COC(=O)c1cc(COC(C)=O)c2c(c1)nc(Cl)c1cccn12. The number of aromatic nitrogens is 2. The first-order valence-corrected chi connectivity index (χ1v) is 7.20. The van der Waals surface area contributed by atoms with Gasteiger partial charge in [0.2, 0.25) is 0 Å². The van der Waals surface area contributed by atoms with E-state index in [0.717, 1.165) is 11.0 Å².